The minimum atomic E-state index is -4.69. The maximum Gasteiger partial charge on any atom is 0.435 e. The number of aryl methyl sites for hydroxylation is 1. The van der Waals surface area contributed by atoms with E-state index >= 15 is 0 Å². The quantitative estimate of drug-likeness (QED) is 0.327. The van der Waals surface area contributed by atoms with Gasteiger partial charge in [-0.05, 0) is 24.3 Å². The summed E-state index contributed by atoms with van der Waals surface area (Å²) in [6, 6.07) is 6.62. The number of aromatic nitrogens is 3. The van der Waals surface area contributed by atoms with Gasteiger partial charge >= 0.3 is 6.18 Å². The Labute approximate surface area is 174 Å². The third-order valence-corrected chi connectivity index (χ3v) is 4.93. The highest BCUT2D eigenvalue weighted by Gasteiger charge is 2.39. The molecule has 0 fully saturated rings. The van der Waals surface area contributed by atoms with Crippen LogP contribution < -0.4 is 4.74 Å². The lowest BCUT2D eigenvalue weighted by atomic mass is 10.2. The number of benzene rings is 1. The first-order chi connectivity index (χ1) is 13.2. The van der Waals surface area contributed by atoms with Crippen molar-refractivity contribution >= 4 is 45.1 Å². The molecule has 28 heavy (non-hydrogen) atoms. The lowest BCUT2D eigenvalue weighted by molar-refractivity contribution is -0.141. The zero-order valence-corrected chi connectivity index (χ0v) is 17.2. The first-order valence-corrected chi connectivity index (χ1v) is 9.56. The number of oxime groups is 1. The molecule has 0 saturated heterocycles. The number of halogens is 5. The molecule has 1 aromatic carbocycles. The van der Waals surface area contributed by atoms with Crippen LogP contribution in [0.25, 0.3) is 0 Å². The van der Waals surface area contributed by atoms with Crippen LogP contribution in [-0.4, -0.2) is 21.0 Å². The number of ether oxygens (including phenoxy) is 1. The third-order valence-electron chi connectivity index (χ3n) is 3.31. The Hall–Kier alpha value is -2.11. The van der Waals surface area contributed by atoms with E-state index < -0.39 is 11.9 Å². The molecule has 3 aromatic rings. The first-order valence-electron chi connectivity index (χ1n) is 7.57. The zero-order chi connectivity index (χ0) is 20.3. The Kier molecular flexibility index (Phi) is 6.26. The van der Waals surface area contributed by atoms with Gasteiger partial charge in [-0.15, -0.1) is 11.3 Å². The van der Waals surface area contributed by atoms with E-state index in [4.69, 9.17) is 21.2 Å². The molecule has 0 unspecified atom stereocenters. The van der Waals surface area contributed by atoms with E-state index in [1.54, 1.807) is 24.3 Å². The molecule has 3 rings (SSSR count). The highest BCUT2D eigenvalue weighted by molar-refractivity contribution is 9.10. The average Bonchev–Trinajstić information content (AvgIpc) is 3.17. The van der Waals surface area contributed by atoms with Gasteiger partial charge in [-0.2, -0.15) is 18.3 Å². The van der Waals surface area contributed by atoms with Crippen molar-refractivity contribution in [1.29, 1.82) is 0 Å². The van der Waals surface area contributed by atoms with Gasteiger partial charge < -0.3 is 9.57 Å². The maximum atomic E-state index is 13.3. The number of thiazole rings is 1. The van der Waals surface area contributed by atoms with Crippen LogP contribution in [0.2, 0.25) is 4.47 Å². The SMILES string of the molecule is Cn1nc(C(F)(F)F)c(/C=N/OCc2cnc(Cl)s2)c1Oc1ccc(Br)cc1. The lowest BCUT2D eigenvalue weighted by Crippen LogP contribution is -2.09. The second-order valence-electron chi connectivity index (χ2n) is 5.33. The molecular weight excluding hydrogens is 485 g/mol. The van der Waals surface area contributed by atoms with Crippen molar-refractivity contribution in [2.75, 3.05) is 0 Å². The molecule has 6 nitrogen and oxygen atoms in total. The Morgan fingerprint density at radius 3 is 2.64 bits per heavy atom. The van der Waals surface area contributed by atoms with Gasteiger partial charge in [-0.25, -0.2) is 9.67 Å². The molecular formula is C16H11BrClF3N4O2S. The lowest BCUT2D eigenvalue weighted by Gasteiger charge is -2.07. The van der Waals surface area contributed by atoms with E-state index in [0.717, 1.165) is 15.4 Å². The fraction of sp³-hybridized carbons (Fsp3) is 0.188. The van der Waals surface area contributed by atoms with Crippen molar-refractivity contribution in [1.82, 2.24) is 14.8 Å². The second-order valence-corrected chi connectivity index (χ2v) is 7.95. The summed E-state index contributed by atoms with van der Waals surface area (Å²) in [6.07, 6.45) is -2.27. The van der Waals surface area contributed by atoms with Gasteiger partial charge in [0.1, 0.15) is 5.75 Å². The van der Waals surface area contributed by atoms with Crippen molar-refractivity contribution in [2.24, 2.45) is 12.2 Å². The molecule has 0 bridgehead atoms. The molecule has 0 aliphatic heterocycles. The second kappa shape index (κ2) is 8.50. The van der Waals surface area contributed by atoms with Crippen LogP contribution in [0.4, 0.5) is 13.2 Å². The number of rotatable bonds is 6. The molecule has 0 N–H and O–H groups in total. The fourth-order valence-electron chi connectivity index (χ4n) is 2.13. The summed E-state index contributed by atoms with van der Waals surface area (Å²) in [5.74, 6) is 0.220. The topological polar surface area (TPSA) is 61.5 Å². The summed E-state index contributed by atoms with van der Waals surface area (Å²) in [5, 5.41) is 7.14. The predicted octanol–water partition coefficient (Wildman–Crippen LogP) is 5.65. The van der Waals surface area contributed by atoms with Crippen molar-refractivity contribution in [3.8, 4) is 11.6 Å². The van der Waals surface area contributed by atoms with Crippen LogP contribution in [0.5, 0.6) is 11.6 Å². The van der Waals surface area contributed by atoms with Gasteiger partial charge in [0.25, 0.3) is 0 Å². The van der Waals surface area contributed by atoms with Crippen LogP contribution in [0.15, 0.2) is 40.1 Å². The Bertz CT molecular complexity index is 989. The smallest absolute Gasteiger partial charge is 0.435 e. The predicted molar refractivity (Wildman–Crippen MR) is 102 cm³/mol. The molecule has 0 amide bonds. The minimum Gasteiger partial charge on any atom is -0.439 e. The molecule has 0 radical (unpaired) electrons. The van der Waals surface area contributed by atoms with Gasteiger partial charge in [-0.1, -0.05) is 32.7 Å². The standard InChI is InChI=1S/C16H11BrClF3N4O2S/c1-25-14(27-10-4-2-9(17)3-5-10)12(13(24-25)16(19,20)21)7-23-26-8-11-6-22-15(18)28-11/h2-7H,8H2,1H3/b23-7+. The number of nitrogens with zero attached hydrogens (tertiary/aromatic N) is 4. The van der Waals surface area contributed by atoms with Gasteiger partial charge in [0.15, 0.2) is 16.8 Å². The normalized spacial score (nSPS) is 11.9. The van der Waals surface area contributed by atoms with Crippen molar-refractivity contribution in [2.45, 2.75) is 12.8 Å². The minimum absolute atomic E-state index is 0.0192. The van der Waals surface area contributed by atoms with Gasteiger partial charge in [0, 0.05) is 17.7 Å². The largest absolute Gasteiger partial charge is 0.439 e. The molecule has 0 saturated carbocycles. The van der Waals surface area contributed by atoms with Crippen LogP contribution in [0.3, 0.4) is 0 Å². The molecule has 0 aliphatic rings. The van der Waals surface area contributed by atoms with Crippen LogP contribution in [0.1, 0.15) is 16.1 Å². The molecule has 2 heterocycles. The highest BCUT2D eigenvalue weighted by Crippen LogP contribution is 2.36. The number of hydrogen-bond donors (Lipinski definition) is 0. The fourth-order valence-corrected chi connectivity index (χ4v) is 3.28. The summed E-state index contributed by atoms with van der Waals surface area (Å²) in [7, 11) is 1.35. The zero-order valence-electron chi connectivity index (χ0n) is 14.1. The average molecular weight is 496 g/mol. The van der Waals surface area contributed by atoms with E-state index in [1.165, 1.54) is 24.6 Å². The third kappa shape index (κ3) is 5.03. The number of alkyl halides is 3. The molecule has 0 spiro atoms. The van der Waals surface area contributed by atoms with Gasteiger partial charge in [0.05, 0.1) is 16.7 Å². The molecule has 12 heteroatoms. The van der Waals surface area contributed by atoms with E-state index in [0.29, 0.717) is 15.1 Å². The Morgan fingerprint density at radius 2 is 2.04 bits per heavy atom. The maximum absolute atomic E-state index is 13.3. The van der Waals surface area contributed by atoms with Crippen molar-refractivity contribution in [3.05, 3.63) is 55.5 Å². The van der Waals surface area contributed by atoms with E-state index in [-0.39, 0.29) is 18.1 Å². The van der Waals surface area contributed by atoms with Gasteiger partial charge in [0.2, 0.25) is 5.88 Å². The van der Waals surface area contributed by atoms with Crippen LogP contribution in [-0.2, 0) is 24.7 Å². The Balaban J connectivity index is 1.85. The Morgan fingerprint density at radius 1 is 1.32 bits per heavy atom. The van der Waals surface area contributed by atoms with Crippen LogP contribution in [0, 0.1) is 0 Å². The summed E-state index contributed by atoms with van der Waals surface area (Å²) < 4.78 is 47.8. The summed E-state index contributed by atoms with van der Waals surface area (Å²) >= 11 is 10.2. The monoisotopic (exact) mass is 494 g/mol. The molecule has 0 aliphatic carbocycles. The van der Waals surface area contributed by atoms with Gasteiger partial charge in [-0.3, -0.25) is 0 Å². The summed E-state index contributed by atoms with van der Waals surface area (Å²) in [6.45, 7) is 0.0192. The highest BCUT2D eigenvalue weighted by atomic mass is 79.9. The molecule has 2 aromatic heterocycles. The molecule has 148 valence electrons. The number of hydrogen-bond acceptors (Lipinski definition) is 6. The van der Waals surface area contributed by atoms with Crippen molar-refractivity contribution in [3.63, 3.8) is 0 Å². The van der Waals surface area contributed by atoms with E-state index in [1.807, 2.05) is 0 Å². The van der Waals surface area contributed by atoms with Crippen LogP contribution >= 0.6 is 38.9 Å². The molecule has 0 atom stereocenters. The van der Waals surface area contributed by atoms with E-state index in [9.17, 15) is 13.2 Å². The summed E-state index contributed by atoms with van der Waals surface area (Å²) in [4.78, 5) is 9.56. The van der Waals surface area contributed by atoms with Crippen molar-refractivity contribution < 1.29 is 22.7 Å². The van der Waals surface area contributed by atoms with E-state index in [2.05, 4.69) is 31.2 Å². The summed E-state index contributed by atoms with van der Waals surface area (Å²) in [5.41, 5.74) is -1.48. The first kappa shape index (κ1) is 20.6.